The van der Waals surface area contributed by atoms with Gasteiger partial charge in [-0.15, -0.1) is 0 Å². The Labute approximate surface area is 130 Å². The number of para-hydroxylation sites is 1. The second kappa shape index (κ2) is 6.27. The van der Waals surface area contributed by atoms with Crippen molar-refractivity contribution < 1.29 is 4.79 Å². The van der Waals surface area contributed by atoms with Crippen molar-refractivity contribution in [2.45, 2.75) is 0 Å². The van der Waals surface area contributed by atoms with E-state index in [2.05, 4.69) is 21.9 Å². The summed E-state index contributed by atoms with van der Waals surface area (Å²) >= 11 is 0. The third kappa shape index (κ3) is 3.01. The number of carbonyl (C=O) groups excluding carboxylic acids is 1. The maximum absolute atomic E-state index is 12.4. The highest BCUT2D eigenvalue weighted by Gasteiger charge is 2.21. The fourth-order valence-corrected chi connectivity index (χ4v) is 2.73. The molecule has 3 rings (SSSR count). The number of anilines is 1. The lowest BCUT2D eigenvalue weighted by molar-refractivity contribution is -0.131. The molecule has 0 N–H and O–H groups in total. The number of likely N-dealkylation sites (N-methyl/N-ethyl adjacent to an activating group) is 2. The number of rotatable bonds is 3. The van der Waals surface area contributed by atoms with Gasteiger partial charge in [0.2, 0.25) is 5.91 Å². The molecule has 0 unspecified atom stereocenters. The summed E-state index contributed by atoms with van der Waals surface area (Å²) in [5.41, 5.74) is 0.895. The van der Waals surface area contributed by atoms with E-state index >= 15 is 0 Å². The summed E-state index contributed by atoms with van der Waals surface area (Å²) in [5, 5.41) is 0.971. The standard InChI is InChI=1S/C16H21N5O/c1-19-7-9-21(10-8-19)15(22)11-20(2)16-13-5-3-4-6-14(13)17-12-18-16/h3-6,12H,7-11H2,1-2H3. The molecule has 22 heavy (non-hydrogen) atoms. The van der Waals surface area contributed by atoms with E-state index in [1.54, 1.807) is 6.33 Å². The normalized spacial score (nSPS) is 16.0. The maximum atomic E-state index is 12.4. The largest absolute Gasteiger partial charge is 0.350 e. The molecule has 0 radical (unpaired) electrons. The molecular formula is C16H21N5O. The molecule has 1 aliphatic heterocycles. The van der Waals surface area contributed by atoms with Crippen LogP contribution in [0.4, 0.5) is 5.82 Å². The lowest BCUT2D eigenvalue weighted by Crippen LogP contribution is -2.49. The highest BCUT2D eigenvalue weighted by molar-refractivity contribution is 5.91. The minimum absolute atomic E-state index is 0.151. The van der Waals surface area contributed by atoms with E-state index < -0.39 is 0 Å². The zero-order chi connectivity index (χ0) is 15.5. The summed E-state index contributed by atoms with van der Waals surface area (Å²) in [6, 6.07) is 7.86. The Bertz CT molecular complexity index is 661. The number of fused-ring (bicyclic) bond motifs is 1. The van der Waals surface area contributed by atoms with Gasteiger partial charge in [-0.1, -0.05) is 12.1 Å². The fraction of sp³-hybridized carbons (Fsp3) is 0.438. The van der Waals surface area contributed by atoms with Crippen LogP contribution in [0.3, 0.4) is 0 Å². The molecule has 0 bridgehead atoms. The number of carbonyl (C=O) groups is 1. The van der Waals surface area contributed by atoms with Crippen molar-refractivity contribution in [2.24, 2.45) is 0 Å². The van der Waals surface area contributed by atoms with Gasteiger partial charge < -0.3 is 14.7 Å². The molecule has 0 spiro atoms. The van der Waals surface area contributed by atoms with Gasteiger partial charge in [-0.3, -0.25) is 4.79 Å². The van der Waals surface area contributed by atoms with Crippen molar-refractivity contribution >= 4 is 22.6 Å². The van der Waals surface area contributed by atoms with Gasteiger partial charge >= 0.3 is 0 Å². The number of nitrogens with zero attached hydrogens (tertiary/aromatic N) is 5. The quantitative estimate of drug-likeness (QED) is 0.840. The number of hydrogen-bond donors (Lipinski definition) is 0. The SMILES string of the molecule is CN1CCN(C(=O)CN(C)c2ncnc3ccccc23)CC1. The first kappa shape index (κ1) is 14.7. The van der Waals surface area contributed by atoms with Crippen molar-refractivity contribution in [3.05, 3.63) is 30.6 Å². The van der Waals surface area contributed by atoms with Crippen molar-refractivity contribution in [2.75, 3.05) is 51.7 Å². The van der Waals surface area contributed by atoms with Gasteiger partial charge in [-0.05, 0) is 19.2 Å². The summed E-state index contributed by atoms with van der Waals surface area (Å²) in [5.74, 6) is 0.950. The monoisotopic (exact) mass is 299 g/mol. The molecule has 1 aliphatic rings. The highest BCUT2D eigenvalue weighted by atomic mass is 16.2. The Kier molecular flexibility index (Phi) is 4.20. The minimum Gasteiger partial charge on any atom is -0.350 e. The summed E-state index contributed by atoms with van der Waals surface area (Å²) in [7, 11) is 3.99. The van der Waals surface area contributed by atoms with Crippen LogP contribution in [0.25, 0.3) is 10.9 Å². The van der Waals surface area contributed by atoms with Crippen LogP contribution >= 0.6 is 0 Å². The zero-order valence-electron chi connectivity index (χ0n) is 13.1. The zero-order valence-corrected chi connectivity index (χ0v) is 13.1. The second-order valence-corrected chi connectivity index (χ2v) is 5.75. The molecule has 0 atom stereocenters. The van der Waals surface area contributed by atoms with Gasteiger partial charge in [0.1, 0.15) is 12.1 Å². The molecule has 2 aromatic rings. The smallest absolute Gasteiger partial charge is 0.242 e. The lowest BCUT2D eigenvalue weighted by Gasteiger charge is -2.33. The Balaban J connectivity index is 1.73. The van der Waals surface area contributed by atoms with Crippen LogP contribution in [0, 0.1) is 0 Å². The Hall–Kier alpha value is -2.21. The first-order valence-electron chi connectivity index (χ1n) is 7.52. The van der Waals surface area contributed by atoms with Crippen molar-refractivity contribution in [1.82, 2.24) is 19.8 Å². The molecule has 6 nitrogen and oxygen atoms in total. The fourth-order valence-electron chi connectivity index (χ4n) is 2.73. The molecule has 1 saturated heterocycles. The summed E-state index contributed by atoms with van der Waals surface area (Å²) in [4.78, 5) is 27.1. The molecule has 1 aromatic carbocycles. The third-order valence-electron chi connectivity index (χ3n) is 4.11. The Morgan fingerprint density at radius 1 is 1.18 bits per heavy atom. The van der Waals surface area contributed by atoms with Crippen LogP contribution in [0.5, 0.6) is 0 Å². The van der Waals surface area contributed by atoms with E-state index in [-0.39, 0.29) is 5.91 Å². The number of piperazine rings is 1. The van der Waals surface area contributed by atoms with Crippen LogP contribution in [0.15, 0.2) is 30.6 Å². The highest BCUT2D eigenvalue weighted by Crippen LogP contribution is 2.21. The molecule has 2 heterocycles. The molecule has 0 saturated carbocycles. The van der Waals surface area contributed by atoms with Crippen LogP contribution in [0.1, 0.15) is 0 Å². The van der Waals surface area contributed by atoms with Crippen LogP contribution < -0.4 is 4.90 Å². The Morgan fingerprint density at radius 3 is 2.68 bits per heavy atom. The molecule has 116 valence electrons. The van der Waals surface area contributed by atoms with Gasteiger partial charge in [0.15, 0.2) is 0 Å². The van der Waals surface area contributed by atoms with Crippen molar-refractivity contribution in [3.63, 3.8) is 0 Å². The molecule has 1 fully saturated rings. The number of benzene rings is 1. The van der Waals surface area contributed by atoms with Crippen molar-refractivity contribution in [1.29, 1.82) is 0 Å². The average Bonchev–Trinajstić information content (AvgIpc) is 2.54. The average molecular weight is 299 g/mol. The van der Waals surface area contributed by atoms with Crippen molar-refractivity contribution in [3.8, 4) is 0 Å². The summed E-state index contributed by atoms with van der Waals surface area (Å²) in [6.45, 7) is 3.81. The summed E-state index contributed by atoms with van der Waals surface area (Å²) < 4.78 is 0. The minimum atomic E-state index is 0.151. The van der Waals surface area contributed by atoms with E-state index in [0.717, 1.165) is 42.9 Å². The second-order valence-electron chi connectivity index (χ2n) is 5.75. The number of amides is 1. The topological polar surface area (TPSA) is 52.6 Å². The molecular weight excluding hydrogens is 278 g/mol. The van der Waals surface area contributed by atoms with E-state index in [1.807, 2.05) is 41.1 Å². The third-order valence-corrected chi connectivity index (χ3v) is 4.11. The van der Waals surface area contributed by atoms with E-state index in [9.17, 15) is 4.79 Å². The van der Waals surface area contributed by atoms with Crippen LogP contribution in [-0.4, -0.2) is 72.5 Å². The van der Waals surface area contributed by atoms with Crippen LogP contribution in [0.2, 0.25) is 0 Å². The first-order valence-corrected chi connectivity index (χ1v) is 7.52. The van der Waals surface area contributed by atoms with Crippen LogP contribution in [-0.2, 0) is 4.79 Å². The Morgan fingerprint density at radius 2 is 1.91 bits per heavy atom. The molecule has 0 aliphatic carbocycles. The predicted octanol–water partition coefficient (Wildman–Crippen LogP) is 0.840. The van der Waals surface area contributed by atoms with Gasteiger partial charge in [0, 0.05) is 38.6 Å². The van der Waals surface area contributed by atoms with E-state index in [0.29, 0.717) is 6.54 Å². The molecule has 1 aromatic heterocycles. The predicted molar refractivity (Wildman–Crippen MR) is 86.9 cm³/mol. The first-order chi connectivity index (χ1) is 10.6. The van der Waals surface area contributed by atoms with E-state index in [4.69, 9.17) is 0 Å². The lowest BCUT2D eigenvalue weighted by atomic mass is 10.2. The van der Waals surface area contributed by atoms with Gasteiger partial charge in [0.25, 0.3) is 0 Å². The molecule has 1 amide bonds. The van der Waals surface area contributed by atoms with E-state index in [1.165, 1.54) is 0 Å². The van der Waals surface area contributed by atoms with Gasteiger partial charge in [-0.25, -0.2) is 9.97 Å². The number of aromatic nitrogens is 2. The molecule has 6 heteroatoms. The van der Waals surface area contributed by atoms with Gasteiger partial charge in [0.05, 0.1) is 12.1 Å². The maximum Gasteiger partial charge on any atom is 0.242 e. The summed E-state index contributed by atoms with van der Waals surface area (Å²) in [6.07, 6.45) is 1.55. The number of hydrogen-bond acceptors (Lipinski definition) is 5. The van der Waals surface area contributed by atoms with Gasteiger partial charge in [-0.2, -0.15) is 0 Å².